The first-order valence-corrected chi connectivity index (χ1v) is 8.95. The van der Waals surface area contributed by atoms with Gasteiger partial charge in [0.25, 0.3) is 0 Å². The summed E-state index contributed by atoms with van der Waals surface area (Å²) in [6, 6.07) is 11.0. The second kappa shape index (κ2) is 6.92. The molecule has 27 heavy (non-hydrogen) atoms. The summed E-state index contributed by atoms with van der Waals surface area (Å²) in [6.07, 6.45) is 0.596. The fourth-order valence-corrected chi connectivity index (χ4v) is 3.36. The van der Waals surface area contributed by atoms with Crippen molar-refractivity contribution in [3.63, 3.8) is 0 Å². The molecule has 0 atom stereocenters. The molecule has 0 fully saturated rings. The average molecular weight is 382 g/mol. The summed E-state index contributed by atoms with van der Waals surface area (Å²) in [6.45, 7) is 2.47. The maximum absolute atomic E-state index is 10.4. The molecule has 0 spiro atoms. The van der Waals surface area contributed by atoms with E-state index < -0.39 is 0 Å². The van der Waals surface area contributed by atoms with Crippen LogP contribution in [0.4, 0.5) is 0 Å². The largest absolute Gasteiger partial charge is 0.504 e. The van der Waals surface area contributed by atoms with Crippen LogP contribution in [-0.2, 0) is 6.42 Å². The third-order valence-electron chi connectivity index (χ3n) is 4.38. The molecule has 2 N–H and O–H groups in total. The Kier molecular flexibility index (Phi) is 4.45. The first kappa shape index (κ1) is 17.4. The van der Waals surface area contributed by atoms with Crippen LogP contribution in [0.25, 0.3) is 11.4 Å². The highest BCUT2D eigenvalue weighted by Crippen LogP contribution is 2.43. The number of benzene rings is 2. The summed E-state index contributed by atoms with van der Waals surface area (Å²) in [5.74, 6) is 2.62. The van der Waals surface area contributed by atoms with Gasteiger partial charge in [-0.1, -0.05) is 30.4 Å². The Balaban J connectivity index is 1.82. The molecule has 6 nitrogen and oxygen atoms in total. The highest BCUT2D eigenvalue weighted by molar-refractivity contribution is 7.71. The minimum Gasteiger partial charge on any atom is -0.504 e. The Bertz CT molecular complexity index is 1080. The molecule has 0 saturated heterocycles. The predicted octanol–water partition coefficient (Wildman–Crippen LogP) is 4.62. The molecule has 0 radical (unpaired) electrons. The molecule has 0 bridgehead atoms. The normalized spacial score (nSPS) is 11.9. The molecule has 138 valence electrons. The van der Waals surface area contributed by atoms with E-state index in [0.29, 0.717) is 52.2 Å². The Morgan fingerprint density at radius 1 is 1.22 bits per heavy atom. The average Bonchev–Trinajstić information content (AvgIpc) is 2.67. The van der Waals surface area contributed by atoms with Gasteiger partial charge in [0.05, 0.1) is 24.8 Å². The van der Waals surface area contributed by atoms with Crippen molar-refractivity contribution >= 4 is 12.2 Å². The molecule has 0 aliphatic carbocycles. The molecule has 0 amide bonds. The number of hydrogen-bond donors (Lipinski definition) is 2. The van der Waals surface area contributed by atoms with E-state index in [4.69, 9.17) is 26.4 Å². The molecule has 3 aromatic rings. The highest BCUT2D eigenvalue weighted by Gasteiger charge is 2.24. The van der Waals surface area contributed by atoms with E-state index in [2.05, 4.69) is 9.97 Å². The topological polar surface area (TPSA) is 76.6 Å². The van der Waals surface area contributed by atoms with Crippen LogP contribution in [0.1, 0.15) is 18.1 Å². The van der Waals surface area contributed by atoms with Crippen LogP contribution in [0, 0.1) is 4.64 Å². The summed E-state index contributed by atoms with van der Waals surface area (Å²) in [4.78, 5) is 7.61. The van der Waals surface area contributed by atoms with Gasteiger partial charge < -0.3 is 24.3 Å². The number of phenols is 1. The molecule has 4 rings (SSSR count). The summed E-state index contributed by atoms with van der Waals surface area (Å²) in [7, 11) is 1.50. The number of nitrogens with one attached hydrogen (secondary N) is 1. The molecule has 2 aromatic carbocycles. The third kappa shape index (κ3) is 3.00. The van der Waals surface area contributed by atoms with E-state index in [-0.39, 0.29) is 5.75 Å². The van der Waals surface area contributed by atoms with Gasteiger partial charge in [0.2, 0.25) is 5.88 Å². The maximum atomic E-state index is 10.4. The smallest absolute Gasteiger partial charge is 0.205 e. The molecule has 0 saturated carbocycles. The number of aromatic hydroxyl groups is 1. The number of aromatic amines is 1. The summed E-state index contributed by atoms with van der Waals surface area (Å²) < 4.78 is 17.4. The van der Waals surface area contributed by atoms with Gasteiger partial charge >= 0.3 is 0 Å². The van der Waals surface area contributed by atoms with Crippen molar-refractivity contribution in [3.8, 4) is 40.3 Å². The molecular formula is C20H18N2O4S. The Hall–Kier alpha value is -3.06. The van der Waals surface area contributed by atoms with Crippen molar-refractivity contribution in [2.24, 2.45) is 0 Å². The van der Waals surface area contributed by atoms with Crippen LogP contribution in [0.2, 0.25) is 0 Å². The number of fused-ring (bicyclic) bond motifs is 2. The van der Waals surface area contributed by atoms with Crippen LogP contribution >= 0.6 is 12.2 Å². The van der Waals surface area contributed by atoms with Gasteiger partial charge in [-0.2, -0.15) is 0 Å². The molecule has 1 aromatic heterocycles. The zero-order valence-electron chi connectivity index (χ0n) is 14.9. The number of para-hydroxylation sites is 2. The van der Waals surface area contributed by atoms with Gasteiger partial charge in [0.1, 0.15) is 10.5 Å². The number of aromatic nitrogens is 2. The zero-order valence-corrected chi connectivity index (χ0v) is 15.7. The van der Waals surface area contributed by atoms with E-state index in [1.54, 1.807) is 18.2 Å². The van der Waals surface area contributed by atoms with Crippen molar-refractivity contribution < 1.29 is 19.3 Å². The summed E-state index contributed by atoms with van der Waals surface area (Å²) >= 11 is 5.49. The first-order valence-electron chi connectivity index (χ1n) is 8.54. The second-order valence-electron chi connectivity index (χ2n) is 6.01. The van der Waals surface area contributed by atoms with Crippen LogP contribution in [-0.4, -0.2) is 28.8 Å². The van der Waals surface area contributed by atoms with E-state index in [1.807, 2.05) is 25.1 Å². The molecule has 1 aliphatic heterocycles. The number of ether oxygens (including phenoxy) is 3. The minimum absolute atomic E-state index is 0.00989. The molecule has 0 unspecified atom stereocenters. The van der Waals surface area contributed by atoms with Crippen LogP contribution in [0.3, 0.4) is 0 Å². The number of hydrogen-bond acceptors (Lipinski definition) is 6. The standard InChI is InChI=1S/C20H18N2O4S/c1-3-25-15-9-4-6-11-10-13-19(26-17(11)15)21-18(22-20(13)27)12-7-5-8-14(24-2)16(12)23/h4-9,23H,3,10H2,1-2H3,(H,21,22,27). The molecular weight excluding hydrogens is 364 g/mol. The first-order chi connectivity index (χ1) is 13.1. The summed E-state index contributed by atoms with van der Waals surface area (Å²) in [5.41, 5.74) is 2.28. The lowest BCUT2D eigenvalue weighted by molar-refractivity contribution is 0.315. The quantitative estimate of drug-likeness (QED) is 0.502. The molecule has 1 aliphatic rings. The van der Waals surface area contributed by atoms with E-state index >= 15 is 0 Å². The fraction of sp³-hybridized carbons (Fsp3) is 0.200. The van der Waals surface area contributed by atoms with E-state index in [1.165, 1.54) is 7.11 Å². The lowest BCUT2D eigenvalue weighted by atomic mass is 10.0. The second-order valence-corrected chi connectivity index (χ2v) is 6.40. The van der Waals surface area contributed by atoms with Gasteiger partial charge in [-0.05, 0) is 25.1 Å². The number of rotatable bonds is 4. The SMILES string of the molecule is CCOc1cccc2c1Oc1[nH]c(-c3cccc(OC)c3O)nc(=S)c1C2. The van der Waals surface area contributed by atoms with Gasteiger partial charge in [-0.25, -0.2) is 4.98 Å². The van der Waals surface area contributed by atoms with Crippen molar-refractivity contribution in [1.29, 1.82) is 0 Å². The van der Waals surface area contributed by atoms with Gasteiger partial charge in [-0.3, -0.25) is 0 Å². The Morgan fingerprint density at radius 3 is 2.78 bits per heavy atom. The van der Waals surface area contributed by atoms with Crippen molar-refractivity contribution in [1.82, 2.24) is 9.97 Å². The van der Waals surface area contributed by atoms with Crippen LogP contribution < -0.4 is 14.2 Å². The molecule has 7 heteroatoms. The predicted molar refractivity (Wildman–Crippen MR) is 104 cm³/mol. The number of nitrogens with zero attached hydrogens (tertiary/aromatic N) is 1. The Labute approximate surface area is 161 Å². The van der Waals surface area contributed by atoms with Gasteiger partial charge in [0, 0.05) is 12.0 Å². The van der Waals surface area contributed by atoms with Crippen LogP contribution in [0.15, 0.2) is 36.4 Å². The molecule has 2 heterocycles. The third-order valence-corrected chi connectivity index (χ3v) is 4.72. The number of phenolic OH excluding ortho intramolecular Hbond substituents is 1. The van der Waals surface area contributed by atoms with E-state index in [9.17, 15) is 5.11 Å². The van der Waals surface area contributed by atoms with E-state index in [0.717, 1.165) is 11.1 Å². The lowest BCUT2D eigenvalue weighted by Crippen LogP contribution is -2.09. The maximum Gasteiger partial charge on any atom is 0.205 e. The van der Waals surface area contributed by atoms with Crippen molar-refractivity contribution in [2.45, 2.75) is 13.3 Å². The monoisotopic (exact) mass is 382 g/mol. The number of methoxy groups -OCH3 is 1. The lowest BCUT2D eigenvalue weighted by Gasteiger charge is -2.22. The van der Waals surface area contributed by atoms with Crippen molar-refractivity contribution in [2.75, 3.05) is 13.7 Å². The van der Waals surface area contributed by atoms with Crippen LogP contribution in [0.5, 0.6) is 28.9 Å². The Morgan fingerprint density at radius 2 is 2.00 bits per heavy atom. The van der Waals surface area contributed by atoms with Crippen molar-refractivity contribution in [3.05, 3.63) is 52.2 Å². The van der Waals surface area contributed by atoms with Gasteiger partial charge in [0.15, 0.2) is 23.0 Å². The zero-order chi connectivity index (χ0) is 19.0. The minimum atomic E-state index is -0.00989. The van der Waals surface area contributed by atoms with Gasteiger partial charge in [-0.15, -0.1) is 0 Å². The fourth-order valence-electron chi connectivity index (χ4n) is 3.10. The number of H-pyrrole nitrogens is 1. The summed E-state index contributed by atoms with van der Waals surface area (Å²) in [5, 5.41) is 10.4. The highest BCUT2D eigenvalue weighted by atomic mass is 32.1.